The molecule has 6 heteroatoms. The molecule has 98 valence electrons. The molecule has 0 radical (unpaired) electrons. The smallest absolute Gasteiger partial charge is 0.298 e. The van der Waals surface area contributed by atoms with Gasteiger partial charge in [0, 0.05) is 12.5 Å². The van der Waals surface area contributed by atoms with Crippen molar-refractivity contribution in [3.63, 3.8) is 0 Å². The SMILES string of the molecule is COCCn1c(=S)[nH]c2c(oc3ccccc32)c1=O. The molecule has 1 N–H and O–H groups in total. The van der Waals surface area contributed by atoms with Crippen molar-refractivity contribution in [2.75, 3.05) is 13.7 Å². The van der Waals surface area contributed by atoms with Crippen LogP contribution < -0.4 is 5.56 Å². The second-order valence-electron chi connectivity index (χ2n) is 4.18. The van der Waals surface area contributed by atoms with E-state index in [1.807, 2.05) is 24.3 Å². The van der Waals surface area contributed by atoms with Gasteiger partial charge in [-0.25, -0.2) is 0 Å². The van der Waals surface area contributed by atoms with Gasteiger partial charge in [0.2, 0.25) is 5.58 Å². The highest BCUT2D eigenvalue weighted by Crippen LogP contribution is 2.24. The molecule has 0 aliphatic rings. The van der Waals surface area contributed by atoms with Gasteiger partial charge in [-0.15, -0.1) is 0 Å². The number of aromatic amines is 1. The average molecular weight is 276 g/mol. The van der Waals surface area contributed by atoms with Crippen LogP contribution in [0, 0.1) is 4.77 Å². The first-order valence-electron chi connectivity index (χ1n) is 5.85. The summed E-state index contributed by atoms with van der Waals surface area (Å²) in [6, 6.07) is 7.48. The topological polar surface area (TPSA) is 60.2 Å². The predicted molar refractivity (Wildman–Crippen MR) is 75.0 cm³/mol. The van der Waals surface area contributed by atoms with Crippen molar-refractivity contribution in [2.24, 2.45) is 0 Å². The lowest BCUT2D eigenvalue weighted by Gasteiger charge is -2.04. The van der Waals surface area contributed by atoms with Crippen molar-refractivity contribution >= 4 is 34.3 Å². The largest absolute Gasteiger partial charge is 0.449 e. The van der Waals surface area contributed by atoms with Crippen LogP contribution in [0.5, 0.6) is 0 Å². The molecule has 0 aliphatic carbocycles. The minimum absolute atomic E-state index is 0.230. The van der Waals surface area contributed by atoms with Gasteiger partial charge in [-0.05, 0) is 24.4 Å². The van der Waals surface area contributed by atoms with E-state index in [0.29, 0.717) is 34.6 Å². The van der Waals surface area contributed by atoms with Crippen molar-refractivity contribution in [1.82, 2.24) is 9.55 Å². The highest BCUT2D eigenvalue weighted by atomic mass is 32.1. The van der Waals surface area contributed by atoms with Gasteiger partial charge in [0.15, 0.2) is 4.77 Å². The highest BCUT2D eigenvalue weighted by Gasteiger charge is 2.13. The number of ether oxygens (including phenoxy) is 1. The quantitative estimate of drug-likeness (QED) is 0.746. The third kappa shape index (κ3) is 1.89. The lowest BCUT2D eigenvalue weighted by atomic mass is 10.2. The van der Waals surface area contributed by atoms with Crippen molar-refractivity contribution in [3.05, 3.63) is 39.4 Å². The molecule has 0 saturated carbocycles. The Morgan fingerprint density at radius 1 is 1.42 bits per heavy atom. The molecule has 0 aliphatic heterocycles. The Balaban J connectivity index is 2.36. The number of rotatable bonds is 3. The molecule has 0 atom stereocenters. The van der Waals surface area contributed by atoms with Crippen LogP contribution >= 0.6 is 12.2 Å². The van der Waals surface area contributed by atoms with Crippen LogP contribution in [0.2, 0.25) is 0 Å². The number of furan rings is 1. The Labute approximate surface area is 113 Å². The summed E-state index contributed by atoms with van der Waals surface area (Å²) in [4.78, 5) is 15.4. The normalized spacial score (nSPS) is 11.4. The maximum atomic E-state index is 12.4. The average Bonchev–Trinajstić information content (AvgIpc) is 2.78. The molecular formula is C13H12N2O3S. The van der Waals surface area contributed by atoms with E-state index >= 15 is 0 Å². The van der Waals surface area contributed by atoms with Gasteiger partial charge in [0.25, 0.3) is 5.56 Å². The summed E-state index contributed by atoms with van der Waals surface area (Å²) in [6.45, 7) is 0.820. The van der Waals surface area contributed by atoms with Gasteiger partial charge < -0.3 is 14.1 Å². The van der Waals surface area contributed by atoms with Gasteiger partial charge in [-0.2, -0.15) is 0 Å². The summed E-state index contributed by atoms with van der Waals surface area (Å²) < 4.78 is 12.4. The van der Waals surface area contributed by atoms with Crippen LogP contribution in [-0.2, 0) is 11.3 Å². The third-order valence-corrected chi connectivity index (χ3v) is 3.35. The van der Waals surface area contributed by atoms with Gasteiger partial charge in [-0.3, -0.25) is 9.36 Å². The molecule has 5 nitrogen and oxygen atoms in total. The van der Waals surface area contributed by atoms with E-state index in [1.54, 1.807) is 7.11 Å². The lowest BCUT2D eigenvalue weighted by Crippen LogP contribution is -2.23. The second kappa shape index (κ2) is 4.64. The molecule has 1 aromatic carbocycles. The van der Waals surface area contributed by atoms with E-state index in [1.165, 1.54) is 4.57 Å². The van der Waals surface area contributed by atoms with Crippen molar-refractivity contribution in [2.45, 2.75) is 6.54 Å². The number of benzene rings is 1. The number of H-pyrrole nitrogens is 1. The number of hydrogen-bond acceptors (Lipinski definition) is 4. The van der Waals surface area contributed by atoms with Gasteiger partial charge in [-0.1, -0.05) is 12.1 Å². The summed E-state index contributed by atoms with van der Waals surface area (Å²) in [6.07, 6.45) is 0. The summed E-state index contributed by atoms with van der Waals surface area (Å²) in [5, 5.41) is 0.861. The molecule has 0 amide bonds. The Bertz CT molecular complexity index is 860. The van der Waals surface area contributed by atoms with Crippen molar-refractivity contribution in [1.29, 1.82) is 0 Å². The summed E-state index contributed by atoms with van der Waals surface area (Å²) in [5.74, 6) is 0. The maximum absolute atomic E-state index is 12.4. The number of methoxy groups -OCH3 is 1. The molecule has 0 saturated heterocycles. The summed E-state index contributed by atoms with van der Waals surface area (Å²) in [7, 11) is 1.58. The Morgan fingerprint density at radius 2 is 2.21 bits per heavy atom. The Kier molecular flexibility index (Phi) is 2.96. The van der Waals surface area contributed by atoms with Crippen LogP contribution in [0.1, 0.15) is 0 Å². The molecule has 0 unspecified atom stereocenters. The van der Waals surface area contributed by atoms with Gasteiger partial charge >= 0.3 is 0 Å². The molecular weight excluding hydrogens is 264 g/mol. The molecule has 3 rings (SSSR count). The molecule has 0 bridgehead atoms. The number of aromatic nitrogens is 2. The van der Waals surface area contributed by atoms with E-state index in [0.717, 1.165) is 5.39 Å². The molecule has 19 heavy (non-hydrogen) atoms. The summed E-state index contributed by atoms with van der Waals surface area (Å²) >= 11 is 5.22. The van der Waals surface area contributed by atoms with Crippen LogP contribution in [0.25, 0.3) is 22.1 Å². The van der Waals surface area contributed by atoms with Crippen molar-refractivity contribution < 1.29 is 9.15 Å². The highest BCUT2D eigenvalue weighted by molar-refractivity contribution is 7.71. The fraction of sp³-hybridized carbons (Fsp3) is 0.231. The molecule has 0 fully saturated rings. The Morgan fingerprint density at radius 3 is 3.00 bits per heavy atom. The number of nitrogens with one attached hydrogen (secondary N) is 1. The van der Waals surface area contributed by atoms with E-state index in [9.17, 15) is 4.79 Å². The van der Waals surface area contributed by atoms with Crippen LogP contribution in [0.3, 0.4) is 0 Å². The lowest BCUT2D eigenvalue weighted by molar-refractivity contribution is 0.185. The zero-order valence-corrected chi connectivity index (χ0v) is 11.1. The van der Waals surface area contributed by atoms with E-state index in [4.69, 9.17) is 21.4 Å². The zero-order chi connectivity index (χ0) is 13.4. The number of hydrogen-bond donors (Lipinski definition) is 1. The van der Waals surface area contributed by atoms with Crippen LogP contribution in [-0.4, -0.2) is 23.3 Å². The standard InChI is InChI=1S/C13H12N2O3S/c1-17-7-6-15-12(16)11-10(14-13(15)19)8-4-2-3-5-9(8)18-11/h2-5H,6-7H2,1H3,(H,14,19). The number of para-hydroxylation sites is 1. The first kappa shape index (κ1) is 12.1. The third-order valence-electron chi connectivity index (χ3n) is 3.03. The van der Waals surface area contributed by atoms with Gasteiger partial charge in [0.1, 0.15) is 11.1 Å². The predicted octanol–water partition coefficient (Wildman–Crippen LogP) is 2.45. The zero-order valence-electron chi connectivity index (χ0n) is 10.3. The second-order valence-corrected chi connectivity index (χ2v) is 4.57. The fourth-order valence-electron chi connectivity index (χ4n) is 2.10. The van der Waals surface area contributed by atoms with Gasteiger partial charge in [0.05, 0.1) is 13.2 Å². The van der Waals surface area contributed by atoms with Crippen molar-refractivity contribution in [3.8, 4) is 0 Å². The molecule has 2 heterocycles. The fourth-order valence-corrected chi connectivity index (χ4v) is 2.37. The monoisotopic (exact) mass is 276 g/mol. The molecule has 0 spiro atoms. The summed E-state index contributed by atoms with van der Waals surface area (Å²) in [5.41, 5.74) is 1.39. The first-order chi connectivity index (χ1) is 9.22. The maximum Gasteiger partial charge on any atom is 0.298 e. The minimum atomic E-state index is -0.230. The first-order valence-corrected chi connectivity index (χ1v) is 6.26. The minimum Gasteiger partial charge on any atom is -0.449 e. The van der Waals surface area contributed by atoms with Crippen LogP contribution in [0.15, 0.2) is 33.5 Å². The number of nitrogens with zero attached hydrogens (tertiary/aromatic N) is 1. The molecule has 2 aromatic heterocycles. The molecule has 3 aromatic rings. The number of fused-ring (bicyclic) bond motifs is 3. The Hall–Kier alpha value is -1.92. The van der Waals surface area contributed by atoms with E-state index < -0.39 is 0 Å². The van der Waals surface area contributed by atoms with E-state index in [2.05, 4.69) is 4.98 Å². The van der Waals surface area contributed by atoms with Crippen LogP contribution in [0.4, 0.5) is 0 Å². The van der Waals surface area contributed by atoms with E-state index in [-0.39, 0.29) is 5.56 Å².